The largest absolute Gasteiger partial charge is 0.480 e. The number of thiazole rings is 1. The first kappa shape index (κ1) is 14.7. The molecular weight excluding hydrogens is 308 g/mol. The van der Waals surface area contributed by atoms with E-state index in [-0.39, 0.29) is 18.6 Å². The van der Waals surface area contributed by atoms with Crippen molar-refractivity contribution in [2.75, 3.05) is 13.7 Å². The number of carboxylic acids is 1. The summed E-state index contributed by atoms with van der Waals surface area (Å²) in [6.07, 6.45) is 3.01. The van der Waals surface area contributed by atoms with Crippen molar-refractivity contribution in [3.8, 4) is 10.8 Å². The van der Waals surface area contributed by atoms with Crippen LogP contribution in [0, 0.1) is 0 Å². The molecule has 0 aliphatic carbocycles. The number of hydrogen-bond acceptors (Lipinski definition) is 6. The second kappa shape index (κ2) is 5.90. The molecule has 0 bridgehead atoms. The Hall–Kier alpha value is -2.19. The fraction of sp³-hybridized carbons (Fsp3) is 0.357. The van der Waals surface area contributed by atoms with Gasteiger partial charge in [0, 0.05) is 20.1 Å². The van der Waals surface area contributed by atoms with Gasteiger partial charge in [-0.25, -0.2) is 9.78 Å². The molecule has 1 amide bonds. The van der Waals surface area contributed by atoms with Crippen molar-refractivity contribution in [2.45, 2.75) is 18.6 Å². The smallest absolute Gasteiger partial charge is 0.326 e. The molecule has 3 heterocycles. The standard InChI is InChI=1S/C14H14N2O5S/c1-20-8-5-9(14(18)19)16(7-8)13(17)11-6-15-12(22-11)10-3-2-4-21-10/h2-4,6,8-9H,5,7H2,1H3,(H,18,19). The zero-order valence-corrected chi connectivity index (χ0v) is 12.6. The summed E-state index contributed by atoms with van der Waals surface area (Å²) >= 11 is 1.18. The van der Waals surface area contributed by atoms with Gasteiger partial charge in [0.1, 0.15) is 10.9 Å². The number of amides is 1. The number of carbonyl (C=O) groups is 2. The Morgan fingerprint density at radius 1 is 1.55 bits per heavy atom. The fourth-order valence-electron chi connectivity index (χ4n) is 2.46. The Balaban J connectivity index is 1.82. The average molecular weight is 322 g/mol. The number of hydrogen-bond donors (Lipinski definition) is 1. The summed E-state index contributed by atoms with van der Waals surface area (Å²) in [5.41, 5.74) is 0. The Bertz CT molecular complexity index is 681. The molecule has 0 aromatic carbocycles. The quantitative estimate of drug-likeness (QED) is 0.921. The van der Waals surface area contributed by atoms with Crippen LogP contribution in [0.15, 0.2) is 29.0 Å². The van der Waals surface area contributed by atoms with Gasteiger partial charge >= 0.3 is 5.97 Å². The Morgan fingerprint density at radius 3 is 3.00 bits per heavy atom. The second-order valence-corrected chi connectivity index (χ2v) is 5.94. The highest BCUT2D eigenvalue weighted by Crippen LogP contribution is 2.29. The van der Waals surface area contributed by atoms with Crippen LogP contribution < -0.4 is 0 Å². The number of carboxylic acid groups (broad SMARTS) is 1. The van der Waals surface area contributed by atoms with Crippen LogP contribution in [0.5, 0.6) is 0 Å². The van der Waals surface area contributed by atoms with Gasteiger partial charge in [-0.05, 0) is 12.1 Å². The van der Waals surface area contributed by atoms with Crippen molar-refractivity contribution in [3.63, 3.8) is 0 Å². The lowest BCUT2D eigenvalue weighted by molar-refractivity contribution is -0.141. The van der Waals surface area contributed by atoms with Crippen molar-refractivity contribution in [2.24, 2.45) is 0 Å². The molecule has 1 fully saturated rings. The summed E-state index contributed by atoms with van der Waals surface area (Å²) in [7, 11) is 1.51. The Morgan fingerprint density at radius 2 is 2.36 bits per heavy atom. The average Bonchev–Trinajstić information content (AvgIpc) is 3.23. The number of methoxy groups -OCH3 is 1. The molecule has 7 nitrogen and oxygen atoms in total. The highest BCUT2D eigenvalue weighted by molar-refractivity contribution is 7.16. The van der Waals surface area contributed by atoms with E-state index in [0.29, 0.717) is 22.1 Å². The predicted octanol–water partition coefficient (Wildman–Crippen LogP) is 1.72. The van der Waals surface area contributed by atoms with E-state index in [0.717, 1.165) is 0 Å². The lowest BCUT2D eigenvalue weighted by Crippen LogP contribution is -2.40. The number of aliphatic carboxylic acids is 1. The third kappa shape index (κ3) is 2.62. The summed E-state index contributed by atoms with van der Waals surface area (Å²) < 4.78 is 10.4. The first-order valence-corrected chi connectivity index (χ1v) is 7.48. The van der Waals surface area contributed by atoms with E-state index in [1.807, 2.05) is 0 Å². The van der Waals surface area contributed by atoms with E-state index in [4.69, 9.17) is 9.15 Å². The molecule has 3 rings (SSSR count). The molecule has 116 valence electrons. The van der Waals surface area contributed by atoms with Crippen LogP contribution in [0.3, 0.4) is 0 Å². The molecule has 8 heteroatoms. The topological polar surface area (TPSA) is 92.9 Å². The van der Waals surface area contributed by atoms with Gasteiger partial charge in [0.2, 0.25) is 0 Å². The second-order valence-electron chi connectivity index (χ2n) is 4.91. The normalized spacial score (nSPS) is 21.2. The van der Waals surface area contributed by atoms with E-state index in [1.165, 1.54) is 35.8 Å². The van der Waals surface area contributed by atoms with Crippen molar-refractivity contribution in [1.82, 2.24) is 9.88 Å². The number of rotatable bonds is 4. The van der Waals surface area contributed by atoms with Gasteiger partial charge in [0.05, 0.1) is 18.6 Å². The van der Waals surface area contributed by atoms with Crippen LogP contribution in [0.1, 0.15) is 16.1 Å². The molecule has 1 N–H and O–H groups in total. The fourth-order valence-corrected chi connectivity index (χ4v) is 3.30. The SMILES string of the molecule is COC1CC(C(=O)O)N(C(=O)c2cnc(-c3ccco3)s2)C1. The lowest BCUT2D eigenvalue weighted by Gasteiger charge is -2.20. The molecule has 1 saturated heterocycles. The number of furan rings is 1. The third-order valence-corrected chi connectivity index (χ3v) is 4.59. The molecule has 1 aliphatic rings. The number of carbonyl (C=O) groups excluding carboxylic acids is 1. The maximum Gasteiger partial charge on any atom is 0.326 e. The number of aromatic nitrogens is 1. The van der Waals surface area contributed by atoms with E-state index >= 15 is 0 Å². The zero-order chi connectivity index (χ0) is 15.7. The van der Waals surface area contributed by atoms with Gasteiger partial charge in [-0.1, -0.05) is 0 Å². The van der Waals surface area contributed by atoms with Crippen LogP contribution in [0.4, 0.5) is 0 Å². The molecular formula is C14H14N2O5S. The molecule has 22 heavy (non-hydrogen) atoms. The Labute approximate surface area is 130 Å². The van der Waals surface area contributed by atoms with Gasteiger partial charge in [-0.15, -0.1) is 11.3 Å². The molecule has 2 atom stereocenters. The van der Waals surface area contributed by atoms with Gasteiger partial charge in [0.15, 0.2) is 10.8 Å². The Kier molecular flexibility index (Phi) is 3.95. The highest BCUT2D eigenvalue weighted by atomic mass is 32.1. The maximum atomic E-state index is 12.6. The van der Waals surface area contributed by atoms with E-state index in [9.17, 15) is 14.7 Å². The molecule has 2 aromatic heterocycles. The highest BCUT2D eigenvalue weighted by Gasteiger charge is 2.40. The van der Waals surface area contributed by atoms with Gasteiger partial charge in [0.25, 0.3) is 5.91 Å². The van der Waals surface area contributed by atoms with Gasteiger partial charge in [-0.2, -0.15) is 0 Å². The lowest BCUT2D eigenvalue weighted by atomic mass is 10.2. The van der Waals surface area contributed by atoms with Crippen LogP contribution >= 0.6 is 11.3 Å². The number of likely N-dealkylation sites (tertiary alicyclic amines) is 1. The van der Waals surface area contributed by atoms with E-state index in [2.05, 4.69) is 4.98 Å². The summed E-state index contributed by atoms with van der Waals surface area (Å²) in [5.74, 6) is -0.791. The molecule has 0 saturated carbocycles. The van der Waals surface area contributed by atoms with Crippen molar-refractivity contribution < 1.29 is 23.8 Å². The van der Waals surface area contributed by atoms with Crippen molar-refractivity contribution in [1.29, 1.82) is 0 Å². The number of nitrogens with zero attached hydrogens (tertiary/aromatic N) is 2. The molecule has 0 radical (unpaired) electrons. The van der Waals surface area contributed by atoms with Crippen molar-refractivity contribution >= 4 is 23.2 Å². The summed E-state index contributed by atoms with van der Waals surface area (Å²) in [6.45, 7) is 0.264. The van der Waals surface area contributed by atoms with E-state index in [1.54, 1.807) is 12.1 Å². The minimum absolute atomic E-state index is 0.262. The molecule has 2 unspecified atom stereocenters. The van der Waals surface area contributed by atoms with Crippen molar-refractivity contribution in [3.05, 3.63) is 29.5 Å². The van der Waals surface area contributed by atoms with Gasteiger partial charge < -0.3 is 19.2 Å². The third-order valence-electron chi connectivity index (χ3n) is 3.59. The maximum absolute atomic E-state index is 12.6. The monoisotopic (exact) mass is 322 g/mol. The summed E-state index contributed by atoms with van der Waals surface area (Å²) in [5, 5.41) is 9.86. The minimum Gasteiger partial charge on any atom is -0.480 e. The van der Waals surface area contributed by atoms with Crippen LogP contribution in [-0.4, -0.2) is 52.7 Å². The number of ether oxygens (including phenoxy) is 1. The molecule has 1 aliphatic heterocycles. The van der Waals surface area contributed by atoms with Crippen LogP contribution in [0.2, 0.25) is 0 Å². The minimum atomic E-state index is -1.02. The first-order chi connectivity index (χ1) is 10.6. The van der Waals surface area contributed by atoms with Gasteiger partial charge in [-0.3, -0.25) is 4.79 Å². The molecule has 0 spiro atoms. The summed E-state index contributed by atoms with van der Waals surface area (Å²) in [6, 6.07) is 2.62. The van der Waals surface area contributed by atoms with E-state index < -0.39 is 12.0 Å². The van der Waals surface area contributed by atoms with Crippen LogP contribution in [0.25, 0.3) is 10.8 Å². The molecule has 2 aromatic rings. The van der Waals surface area contributed by atoms with Crippen LogP contribution in [-0.2, 0) is 9.53 Å². The first-order valence-electron chi connectivity index (χ1n) is 6.66. The predicted molar refractivity (Wildman–Crippen MR) is 77.7 cm³/mol. The summed E-state index contributed by atoms with van der Waals surface area (Å²) in [4.78, 5) is 29.7. The zero-order valence-electron chi connectivity index (χ0n) is 11.8.